The summed E-state index contributed by atoms with van der Waals surface area (Å²) in [5.74, 6) is 2.26. The summed E-state index contributed by atoms with van der Waals surface area (Å²) in [5.41, 5.74) is 1.52. The minimum atomic E-state index is -0.0917. The van der Waals surface area contributed by atoms with Crippen LogP contribution in [0.25, 0.3) is 6.08 Å². The van der Waals surface area contributed by atoms with Crippen molar-refractivity contribution < 1.29 is 23.7 Å². The summed E-state index contributed by atoms with van der Waals surface area (Å²) in [6, 6.07) is 11.1. The molecule has 164 valence electrons. The zero-order chi connectivity index (χ0) is 22.4. The van der Waals surface area contributed by atoms with Gasteiger partial charge in [0, 0.05) is 6.54 Å². The molecule has 0 aliphatic carbocycles. The van der Waals surface area contributed by atoms with Crippen LogP contribution in [0.3, 0.4) is 0 Å². The molecule has 1 aliphatic rings. The van der Waals surface area contributed by atoms with Gasteiger partial charge in [-0.05, 0) is 73.6 Å². The lowest BCUT2D eigenvalue weighted by molar-refractivity contribution is -0.122. The Bertz CT molecular complexity index is 977. The van der Waals surface area contributed by atoms with Gasteiger partial charge in [0.25, 0.3) is 5.91 Å². The van der Waals surface area contributed by atoms with Gasteiger partial charge in [0.1, 0.15) is 5.75 Å². The standard InChI is InChI=1S/C23H26N2O5S/c1-6-25-22(26)20(14-15-12-18(27-3)21(29-5)19(13-15)28-4)31-23(25)24-16-8-10-17(11-9-16)30-7-2/h8-14H,6-7H2,1-5H3/b20-14+,24-23?. The van der Waals surface area contributed by atoms with Gasteiger partial charge >= 0.3 is 0 Å². The number of carbonyl (C=O) groups is 1. The quantitative estimate of drug-likeness (QED) is 0.550. The molecule has 0 radical (unpaired) electrons. The number of thioether (sulfide) groups is 1. The fraction of sp³-hybridized carbons (Fsp3) is 0.304. The van der Waals surface area contributed by atoms with Crippen LogP contribution in [-0.2, 0) is 4.79 Å². The first-order valence-electron chi connectivity index (χ1n) is 9.87. The van der Waals surface area contributed by atoms with E-state index in [9.17, 15) is 4.79 Å². The highest BCUT2D eigenvalue weighted by molar-refractivity contribution is 8.18. The summed E-state index contributed by atoms with van der Waals surface area (Å²) in [6.07, 6.45) is 1.81. The van der Waals surface area contributed by atoms with Crippen LogP contribution in [0.5, 0.6) is 23.0 Å². The summed E-state index contributed by atoms with van der Waals surface area (Å²) < 4.78 is 21.7. The Morgan fingerprint density at radius 3 is 2.16 bits per heavy atom. The van der Waals surface area contributed by atoms with Crippen molar-refractivity contribution in [2.45, 2.75) is 13.8 Å². The molecular weight excluding hydrogens is 416 g/mol. The summed E-state index contributed by atoms with van der Waals surface area (Å²) in [5, 5.41) is 0.635. The van der Waals surface area contributed by atoms with Crippen LogP contribution in [0.2, 0.25) is 0 Å². The smallest absolute Gasteiger partial charge is 0.266 e. The summed E-state index contributed by atoms with van der Waals surface area (Å²) in [7, 11) is 4.67. The first-order valence-corrected chi connectivity index (χ1v) is 10.7. The van der Waals surface area contributed by atoms with Gasteiger partial charge in [-0.25, -0.2) is 4.99 Å². The Morgan fingerprint density at radius 1 is 1.00 bits per heavy atom. The molecule has 1 fully saturated rings. The molecule has 1 amide bonds. The van der Waals surface area contributed by atoms with E-state index >= 15 is 0 Å². The van der Waals surface area contributed by atoms with Crippen molar-refractivity contribution in [1.82, 2.24) is 4.90 Å². The van der Waals surface area contributed by atoms with Crippen molar-refractivity contribution in [1.29, 1.82) is 0 Å². The number of methoxy groups -OCH3 is 3. The van der Waals surface area contributed by atoms with Gasteiger partial charge in [0.15, 0.2) is 16.7 Å². The molecule has 1 saturated heterocycles. The van der Waals surface area contributed by atoms with Crippen molar-refractivity contribution in [2.75, 3.05) is 34.5 Å². The monoisotopic (exact) mass is 442 g/mol. The second kappa shape index (κ2) is 10.3. The van der Waals surface area contributed by atoms with E-state index in [4.69, 9.17) is 18.9 Å². The Labute approximate surface area is 186 Å². The van der Waals surface area contributed by atoms with E-state index in [1.807, 2.05) is 38.1 Å². The number of aliphatic imine (C=N–C) groups is 1. The number of ether oxygens (including phenoxy) is 4. The third-order valence-corrected chi connectivity index (χ3v) is 5.57. The normalized spacial score (nSPS) is 16.2. The lowest BCUT2D eigenvalue weighted by Crippen LogP contribution is -2.28. The molecule has 0 saturated carbocycles. The number of amides is 1. The highest BCUT2D eigenvalue weighted by Crippen LogP contribution is 2.40. The van der Waals surface area contributed by atoms with E-state index in [2.05, 4.69) is 4.99 Å². The fourth-order valence-corrected chi connectivity index (χ4v) is 4.16. The summed E-state index contributed by atoms with van der Waals surface area (Å²) in [4.78, 5) is 19.9. The molecule has 0 N–H and O–H groups in total. The third kappa shape index (κ3) is 4.96. The maximum absolute atomic E-state index is 13.0. The van der Waals surface area contributed by atoms with Crippen LogP contribution in [-0.4, -0.2) is 50.5 Å². The van der Waals surface area contributed by atoms with Crippen LogP contribution in [0.4, 0.5) is 5.69 Å². The third-order valence-electron chi connectivity index (χ3n) is 4.56. The van der Waals surface area contributed by atoms with Gasteiger partial charge in [-0.15, -0.1) is 0 Å². The number of nitrogens with zero attached hydrogens (tertiary/aromatic N) is 2. The molecule has 2 aromatic rings. The van der Waals surface area contributed by atoms with E-state index in [1.54, 1.807) is 44.4 Å². The molecule has 0 spiro atoms. The van der Waals surface area contributed by atoms with Crippen LogP contribution >= 0.6 is 11.8 Å². The Hall–Kier alpha value is -3.13. The topological polar surface area (TPSA) is 69.6 Å². The van der Waals surface area contributed by atoms with E-state index in [1.165, 1.54) is 11.8 Å². The predicted molar refractivity (Wildman–Crippen MR) is 124 cm³/mol. The predicted octanol–water partition coefficient (Wildman–Crippen LogP) is 4.74. The molecule has 31 heavy (non-hydrogen) atoms. The molecule has 7 nitrogen and oxygen atoms in total. The highest BCUT2D eigenvalue weighted by atomic mass is 32.2. The second-order valence-corrected chi connectivity index (χ2v) is 7.45. The number of likely N-dealkylation sites (N-methyl/N-ethyl adjacent to an activating group) is 1. The lowest BCUT2D eigenvalue weighted by atomic mass is 10.1. The van der Waals surface area contributed by atoms with Crippen molar-refractivity contribution >= 4 is 34.6 Å². The molecular formula is C23H26N2O5S. The molecule has 0 bridgehead atoms. The summed E-state index contributed by atoms with van der Waals surface area (Å²) in [6.45, 7) is 5.00. The van der Waals surface area contributed by atoms with Crippen molar-refractivity contribution in [2.24, 2.45) is 4.99 Å². The maximum Gasteiger partial charge on any atom is 0.266 e. The molecule has 0 unspecified atom stereocenters. The van der Waals surface area contributed by atoms with E-state index in [0.717, 1.165) is 17.0 Å². The Kier molecular flexibility index (Phi) is 7.46. The number of rotatable bonds is 8. The second-order valence-electron chi connectivity index (χ2n) is 6.44. The Morgan fingerprint density at radius 2 is 1.65 bits per heavy atom. The molecule has 1 aliphatic heterocycles. The van der Waals surface area contributed by atoms with Crippen molar-refractivity contribution in [3.05, 3.63) is 46.9 Å². The van der Waals surface area contributed by atoms with Crippen LogP contribution in [0.1, 0.15) is 19.4 Å². The summed E-state index contributed by atoms with van der Waals surface area (Å²) >= 11 is 1.34. The number of benzene rings is 2. The first-order chi connectivity index (χ1) is 15.0. The zero-order valence-electron chi connectivity index (χ0n) is 18.3. The van der Waals surface area contributed by atoms with E-state index < -0.39 is 0 Å². The molecule has 2 aromatic carbocycles. The number of hydrogen-bond acceptors (Lipinski definition) is 7. The van der Waals surface area contributed by atoms with E-state index in [0.29, 0.717) is 40.5 Å². The van der Waals surface area contributed by atoms with Gasteiger partial charge in [-0.3, -0.25) is 9.69 Å². The average molecular weight is 443 g/mol. The molecule has 0 aromatic heterocycles. The van der Waals surface area contributed by atoms with Crippen molar-refractivity contribution in [3.8, 4) is 23.0 Å². The van der Waals surface area contributed by atoms with Gasteiger partial charge < -0.3 is 18.9 Å². The number of hydrogen-bond donors (Lipinski definition) is 0. The average Bonchev–Trinajstić information content (AvgIpc) is 3.08. The zero-order valence-corrected chi connectivity index (χ0v) is 19.1. The first kappa shape index (κ1) is 22.6. The van der Waals surface area contributed by atoms with Gasteiger partial charge in [-0.1, -0.05) is 0 Å². The minimum Gasteiger partial charge on any atom is -0.494 e. The lowest BCUT2D eigenvalue weighted by Gasteiger charge is -2.13. The van der Waals surface area contributed by atoms with Gasteiger partial charge in [0.05, 0.1) is 38.5 Å². The largest absolute Gasteiger partial charge is 0.494 e. The fourth-order valence-electron chi connectivity index (χ4n) is 3.10. The number of amidine groups is 1. The van der Waals surface area contributed by atoms with Crippen molar-refractivity contribution in [3.63, 3.8) is 0 Å². The molecule has 1 heterocycles. The molecule has 0 atom stereocenters. The SMILES string of the molecule is CCOc1ccc(N=C2S/C(=C/c3cc(OC)c(OC)c(OC)c3)C(=O)N2CC)cc1. The number of carbonyl (C=O) groups excluding carboxylic acids is 1. The molecule has 8 heteroatoms. The minimum absolute atomic E-state index is 0.0917. The van der Waals surface area contributed by atoms with Gasteiger partial charge in [-0.2, -0.15) is 0 Å². The van der Waals surface area contributed by atoms with Crippen LogP contribution in [0, 0.1) is 0 Å². The molecule has 3 rings (SSSR count). The van der Waals surface area contributed by atoms with Gasteiger partial charge in [0.2, 0.25) is 5.75 Å². The Balaban J connectivity index is 1.93. The highest BCUT2D eigenvalue weighted by Gasteiger charge is 2.32. The van der Waals surface area contributed by atoms with E-state index in [-0.39, 0.29) is 5.91 Å². The van der Waals surface area contributed by atoms with Crippen LogP contribution in [0.15, 0.2) is 46.3 Å². The van der Waals surface area contributed by atoms with Crippen LogP contribution < -0.4 is 18.9 Å². The maximum atomic E-state index is 13.0.